The summed E-state index contributed by atoms with van der Waals surface area (Å²) in [5, 5.41) is 39.9. The van der Waals surface area contributed by atoms with Gasteiger partial charge in [-0.2, -0.15) is 0 Å². The van der Waals surface area contributed by atoms with E-state index >= 15 is 0 Å². The van der Waals surface area contributed by atoms with Gasteiger partial charge in [0.25, 0.3) is 0 Å². The average molecular weight is 472 g/mol. The van der Waals surface area contributed by atoms with Crippen LogP contribution in [0, 0.1) is 11.8 Å². The molecule has 186 valence electrons. The summed E-state index contributed by atoms with van der Waals surface area (Å²) in [5.74, 6) is -3.40. The zero-order valence-electron chi connectivity index (χ0n) is 21.4. The van der Waals surface area contributed by atoms with E-state index in [9.17, 15) is 29.7 Å². The summed E-state index contributed by atoms with van der Waals surface area (Å²) >= 11 is 0. The number of likely N-dealkylation sites (N-methyl/N-ethyl adjacent to an activating group) is 1. The number of hydrogen-bond donors (Lipinski definition) is 1. The zero-order valence-corrected chi connectivity index (χ0v) is 22.8. The molecule has 0 saturated heterocycles. The van der Waals surface area contributed by atoms with E-state index in [1.165, 1.54) is 0 Å². The molecule has 0 aliphatic heterocycles. The Balaban J connectivity index is -0.000000181. The molecule has 0 rings (SSSR count). The molecule has 0 radical (unpaired) electrons. The van der Waals surface area contributed by atoms with Crippen LogP contribution in [0.1, 0.15) is 85.5 Å². The van der Waals surface area contributed by atoms with Crippen LogP contribution in [0.5, 0.6) is 0 Å². The Morgan fingerprint density at radius 3 is 1.16 bits per heavy atom. The number of aliphatic hydroxyl groups excluding tert-OH is 1. The molecule has 0 aromatic heterocycles. The molecule has 32 heavy (non-hydrogen) atoms. The fourth-order valence-corrected chi connectivity index (χ4v) is 3.04. The first-order valence-corrected chi connectivity index (χ1v) is 11.3. The van der Waals surface area contributed by atoms with Crippen molar-refractivity contribution in [3.8, 4) is 0 Å². The Labute approximate surface area is 211 Å². The molecule has 8 nitrogen and oxygen atoms in total. The van der Waals surface area contributed by atoms with Gasteiger partial charge in [0.15, 0.2) is 0 Å². The van der Waals surface area contributed by atoms with Crippen LogP contribution < -0.4 is 15.3 Å². The van der Waals surface area contributed by atoms with E-state index in [-0.39, 0.29) is 41.3 Å². The maximum absolute atomic E-state index is 10.4. The van der Waals surface area contributed by atoms with Crippen molar-refractivity contribution in [3.63, 3.8) is 0 Å². The molecule has 9 heteroatoms. The fraction of sp³-hybridized carbons (Fsp3) is 0.870. The monoisotopic (exact) mass is 471 g/mol. The first-order valence-electron chi connectivity index (χ1n) is 11.3. The second-order valence-corrected chi connectivity index (χ2v) is 8.89. The van der Waals surface area contributed by atoms with Crippen LogP contribution in [-0.4, -0.2) is 84.3 Å². The molecular formula is C23H45MgNO7. The summed E-state index contributed by atoms with van der Waals surface area (Å²) in [6, 6.07) is 0. The molecule has 0 heterocycles. The van der Waals surface area contributed by atoms with Crippen LogP contribution in [0.15, 0.2) is 0 Å². The number of aliphatic carboxylic acids is 3. The average Bonchev–Trinajstić information content (AvgIpc) is 2.60. The van der Waals surface area contributed by atoms with Gasteiger partial charge >= 0.3 is 23.1 Å². The van der Waals surface area contributed by atoms with Crippen LogP contribution in [0.2, 0.25) is 0 Å². The molecule has 0 fully saturated rings. The number of carbonyl (C=O) groups is 3. The molecule has 0 bridgehead atoms. The smallest absolute Gasteiger partial charge is 0.550 e. The summed E-state index contributed by atoms with van der Waals surface area (Å²) in [4.78, 5) is 30.8. The number of nitrogens with zero attached hydrogens (tertiary/aromatic N) is 1. The van der Waals surface area contributed by atoms with Gasteiger partial charge in [0.1, 0.15) is 12.6 Å². The number of carboxylic acids is 3. The minimum atomic E-state index is -1.20. The topological polar surface area (TPSA) is 141 Å². The second kappa shape index (κ2) is 23.3. The van der Waals surface area contributed by atoms with Crippen molar-refractivity contribution >= 4 is 41.0 Å². The van der Waals surface area contributed by atoms with E-state index in [4.69, 9.17) is 5.11 Å². The molecule has 1 N–H and O–H groups in total. The van der Waals surface area contributed by atoms with E-state index in [0.717, 1.165) is 51.4 Å². The van der Waals surface area contributed by atoms with Gasteiger partial charge in [0.2, 0.25) is 0 Å². The van der Waals surface area contributed by atoms with Gasteiger partial charge in [-0.05, 0) is 37.5 Å². The van der Waals surface area contributed by atoms with Gasteiger partial charge in [-0.25, -0.2) is 0 Å². The summed E-state index contributed by atoms with van der Waals surface area (Å²) in [6.45, 7) is 8.39. The van der Waals surface area contributed by atoms with Crippen molar-refractivity contribution in [3.05, 3.63) is 0 Å². The van der Waals surface area contributed by atoms with Gasteiger partial charge in [0.05, 0.1) is 21.1 Å². The van der Waals surface area contributed by atoms with Gasteiger partial charge in [-0.15, -0.1) is 0 Å². The molecule has 1 atom stereocenters. The molecule has 0 aliphatic rings. The molecule has 0 spiro atoms. The maximum atomic E-state index is 10.4. The van der Waals surface area contributed by atoms with Crippen LogP contribution in [0.3, 0.4) is 0 Å². The van der Waals surface area contributed by atoms with Gasteiger partial charge in [-0.1, -0.05) is 53.4 Å². The fourth-order valence-electron chi connectivity index (χ4n) is 3.04. The normalized spacial score (nSPS) is 11.4. The van der Waals surface area contributed by atoms with Crippen molar-refractivity contribution in [1.82, 2.24) is 0 Å². The van der Waals surface area contributed by atoms with Crippen LogP contribution in [0.25, 0.3) is 0 Å². The molecule has 0 unspecified atom stereocenters. The van der Waals surface area contributed by atoms with Crippen LogP contribution >= 0.6 is 0 Å². The quantitative estimate of drug-likeness (QED) is 0.271. The molecule has 0 aliphatic carbocycles. The van der Waals surface area contributed by atoms with Crippen molar-refractivity contribution < 1.29 is 39.3 Å². The second-order valence-electron chi connectivity index (χ2n) is 8.89. The molecule has 0 aromatic rings. The largest absolute Gasteiger partial charge is 2.00 e. The summed E-state index contributed by atoms with van der Waals surface area (Å²) in [6.07, 6.45) is 5.67. The number of carbonyl (C=O) groups excluding carboxylic acids is 3. The number of carboxylic acid groups (broad SMARTS) is 3. The standard InChI is InChI=1S/2C8H16O2.C7H15NO3.Mg/c2*1-3-5-7(6-4-2)8(9)10;1-8(2,3)5-6(9)4-7(10)11;/h2*7H,3-6H2,1-2H3,(H,9,10);6,9H,4-5H2,1-3H3;/q;;;+2/p-2/t;;6-;/m..1./s1. The molecule has 0 amide bonds. The van der Waals surface area contributed by atoms with E-state index in [2.05, 4.69) is 0 Å². The first kappa shape index (κ1) is 38.4. The zero-order chi connectivity index (χ0) is 25.0. The Bertz CT molecular complexity index is 443. The Morgan fingerprint density at radius 1 is 0.719 bits per heavy atom. The number of rotatable bonds is 14. The molecule has 0 aromatic carbocycles. The predicted molar refractivity (Wildman–Crippen MR) is 121 cm³/mol. The third kappa shape index (κ3) is 29.1. The van der Waals surface area contributed by atoms with E-state index in [0.29, 0.717) is 11.0 Å². The number of quaternary nitrogens is 1. The summed E-state index contributed by atoms with van der Waals surface area (Å²) in [7, 11) is 5.66. The number of aliphatic hydroxyl groups is 1. The third-order valence-corrected chi connectivity index (χ3v) is 4.38. The summed E-state index contributed by atoms with van der Waals surface area (Å²) in [5.41, 5.74) is 0. The predicted octanol–water partition coefficient (Wildman–Crippen LogP) is -0.282. The first-order chi connectivity index (χ1) is 14.2. The SMILES string of the molecule is CCCC(CCC)C(=O)[O-].CCCC(CCC)C(=O)[O-].C[N+](C)(C)C[C@H](O)CC(=O)[O-].[Mg+2]. The van der Waals surface area contributed by atoms with Crippen molar-refractivity contribution in [2.75, 3.05) is 27.7 Å². The minimum Gasteiger partial charge on any atom is -0.550 e. The Kier molecular flexibility index (Phi) is 27.9. The Morgan fingerprint density at radius 2 is 1.00 bits per heavy atom. The van der Waals surface area contributed by atoms with Crippen molar-refractivity contribution in [2.45, 2.75) is 91.6 Å². The van der Waals surface area contributed by atoms with Gasteiger partial charge < -0.3 is 39.3 Å². The van der Waals surface area contributed by atoms with E-state index < -0.39 is 24.0 Å². The minimum absolute atomic E-state index is 0. The third-order valence-electron chi connectivity index (χ3n) is 4.38. The summed E-state index contributed by atoms with van der Waals surface area (Å²) < 4.78 is 0.550. The van der Waals surface area contributed by atoms with Crippen molar-refractivity contribution in [1.29, 1.82) is 0 Å². The molecule has 0 saturated carbocycles. The number of hydrogen-bond acceptors (Lipinski definition) is 7. The van der Waals surface area contributed by atoms with E-state index in [1.807, 2.05) is 48.8 Å². The van der Waals surface area contributed by atoms with E-state index in [1.54, 1.807) is 0 Å². The molecular weight excluding hydrogens is 427 g/mol. The van der Waals surface area contributed by atoms with Crippen molar-refractivity contribution in [2.24, 2.45) is 11.8 Å². The van der Waals surface area contributed by atoms with Gasteiger partial charge in [-0.3, -0.25) is 0 Å². The van der Waals surface area contributed by atoms with Crippen LogP contribution in [-0.2, 0) is 14.4 Å². The van der Waals surface area contributed by atoms with Crippen LogP contribution in [0.4, 0.5) is 0 Å². The Hall–Kier alpha value is -0.904. The van der Waals surface area contributed by atoms with Gasteiger partial charge in [0, 0.05) is 24.3 Å². The maximum Gasteiger partial charge on any atom is 2.00 e.